The smallest absolute Gasteiger partial charge is 0.303 e. The summed E-state index contributed by atoms with van der Waals surface area (Å²) in [7, 11) is -3.67. The van der Waals surface area contributed by atoms with E-state index in [1.54, 1.807) is 24.3 Å². The Morgan fingerprint density at radius 2 is 1.62 bits per heavy atom. The quantitative estimate of drug-likeness (QED) is 0.778. The van der Waals surface area contributed by atoms with Gasteiger partial charge in [0.2, 0.25) is 0 Å². The summed E-state index contributed by atoms with van der Waals surface area (Å²) in [5.41, 5.74) is 2.41. The lowest BCUT2D eigenvalue weighted by Gasteiger charge is -2.18. The van der Waals surface area contributed by atoms with Gasteiger partial charge in [-0.3, -0.25) is 9.52 Å². The number of hydrogen-bond acceptors (Lipinski definition) is 4. The normalized spacial score (nSPS) is 14.4. The van der Waals surface area contributed by atoms with E-state index in [4.69, 9.17) is 5.11 Å². The van der Waals surface area contributed by atoms with Gasteiger partial charge in [0.15, 0.2) is 0 Å². The van der Waals surface area contributed by atoms with Gasteiger partial charge in [-0.05, 0) is 61.2 Å². The SMILES string of the molecule is O=C(O)CCc1ccc(S(=O)(=O)Nc2ccc(N3CCCC3)cc2)cc1. The Kier molecular flexibility index (Phi) is 5.46. The number of nitrogens with zero attached hydrogens (tertiary/aromatic N) is 1. The number of hydrogen-bond donors (Lipinski definition) is 2. The minimum absolute atomic E-state index is 0.0215. The minimum Gasteiger partial charge on any atom is -0.481 e. The first-order chi connectivity index (χ1) is 12.4. The van der Waals surface area contributed by atoms with Crippen molar-refractivity contribution < 1.29 is 18.3 Å². The zero-order valence-corrected chi connectivity index (χ0v) is 15.2. The lowest BCUT2D eigenvalue weighted by atomic mass is 10.1. The van der Waals surface area contributed by atoms with Gasteiger partial charge in [-0.15, -0.1) is 0 Å². The fourth-order valence-corrected chi connectivity index (χ4v) is 4.07. The van der Waals surface area contributed by atoms with Gasteiger partial charge in [-0.1, -0.05) is 12.1 Å². The van der Waals surface area contributed by atoms with Crippen LogP contribution >= 0.6 is 0 Å². The average Bonchev–Trinajstić information content (AvgIpc) is 3.15. The second-order valence-electron chi connectivity index (χ2n) is 6.38. The summed E-state index contributed by atoms with van der Waals surface area (Å²) in [5, 5.41) is 8.70. The number of carboxylic acid groups (broad SMARTS) is 1. The number of nitrogens with one attached hydrogen (secondary N) is 1. The van der Waals surface area contributed by atoms with Crippen molar-refractivity contribution in [3.63, 3.8) is 0 Å². The third-order valence-electron chi connectivity index (χ3n) is 4.45. The Morgan fingerprint density at radius 1 is 1.00 bits per heavy atom. The van der Waals surface area contributed by atoms with Gasteiger partial charge in [-0.25, -0.2) is 8.42 Å². The molecular formula is C19H22N2O4S. The maximum atomic E-state index is 12.5. The van der Waals surface area contributed by atoms with Gasteiger partial charge >= 0.3 is 5.97 Å². The molecular weight excluding hydrogens is 352 g/mol. The van der Waals surface area contributed by atoms with Gasteiger partial charge in [0, 0.05) is 30.9 Å². The maximum absolute atomic E-state index is 12.5. The van der Waals surface area contributed by atoms with E-state index in [9.17, 15) is 13.2 Å². The van der Waals surface area contributed by atoms with Crippen LogP contribution in [0.3, 0.4) is 0 Å². The first-order valence-electron chi connectivity index (χ1n) is 8.63. The average molecular weight is 374 g/mol. The van der Waals surface area contributed by atoms with E-state index in [2.05, 4.69) is 9.62 Å². The summed E-state index contributed by atoms with van der Waals surface area (Å²) in [4.78, 5) is 13.0. The zero-order chi connectivity index (χ0) is 18.6. The molecule has 7 heteroatoms. The molecule has 2 N–H and O–H groups in total. The summed E-state index contributed by atoms with van der Waals surface area (Å²) < 4.78 is 27.6. The van der Waals surface area contributed by atoms with Crippen molar-refractivity contribution in [2.45, 2.75) is 30.6 Å². The first kappa shape index (κ1) is 18.3. The van der Waals surface area contributed by atoms with Crippen LogP contribution in [0.5, 0.6) is 0 Å². The van der Waals surface area contributed by atoms with Crippen LogP contribution in [0.1, 0.15) is 24.8 Å². The Hall–Kier alpha value is -2.54. The third kappa shape index (κ3) is 4.54. The van der Waals surface area contributed by atoms with Gasteiger partial charge in [-0.2, -0.15) is 0 Å². The maximum Gasteiger partial charge on any atom is 0.303 e. The molecule has 0 atom stereocenters. The van der Waals surface area contributed by atoms with Crippen molar-refractivity contribution in [1.29, 1.82) is 0 Å². The predicted octanol–water partition coefficient (Wildman–Crippen LogP) is 3.10. The highest BCUT2D eigenvalue weighted by molar-refractivity contribution is 7.92. The Labute approximate surface area is 153 Å². The van der Waals surface area contributed by atoms with Crippen molar-refractivity contribution in [3.05, 3.63) is 54.1 Å². The molecule has 0 amide bonds. The molecule has 0 spiro atoms. The van der Waals surface area contributed by atoms with Crippen LogP contribution in [-0.2, 0) is 21.2 Å². The van der Waals surface area contributed by atoms with E-state index in [1.807, 2.05) is 12.1 Å². The Balaban J connectivity index is 1.67. The topological polar surface area (TPSA) is 86.7 Å². The summed E-state index contributed by atoms with van der Waals surface area (Å²) in [6, 6.07) is 13.7. The number of anilines is 2. The molecule has 1 saturated heterocycles. The number of aryl methyl sites for hydroxylation is 1. The molecule has 0 radical (unpaired) electrons. The highest BCUT2D eigenvalue weighted by atomic mass is 32.2. The van der Waals surface area contributed by atoms with Crippen LogP contribution in [0.25, 0.3) is 0 Å². The van der Waals surface area contributed by atoms with Crippen molar-refractivity contribution >= 4 is 27.4 Å². The fraction of sp³-hybridized carbons (Fsp3) is 0.316. The van der Waals surface area contributed by atoms with E-state index >= 15 is 0 Å². The molecule has 3 rings (SSSR count). The molecule has 2 aromatic rings. The number of carbonyl (C=O) groups is 1. The van der Waals surface area contributed by atoms with Crippen molar-refractivity contribution in [2.24, 2.45) is 0 Å². The molecule has 26 heavy (non-hydrogen) atoms. The number of aliphatic carboxylic acids is 1. The minimum atomic E-state index is -3.67. The molecule has 0 unspecified atom stereocenters. The number of benzene rings is 2. The number of carboxylic acids is 1. The molecule has 0 bridgehead atoms. The number of sulfonamides is 1. The van der Waals surface area contributed by atoms with E-state index in [0.717, 1.165) is 24.3 Å². The highest BCUT2D eigenvalue weighted by Crippen LogP contribution is 2.23. The van der Waals surface area contributed by atoms with Gasteiger partial charge < -0.3 is 10.0 Å². The van der Waals surface area contributed by atoms with Gasteiger partial charge in [0.05, 0.1) is 4.90 Å². The zero-order valence-electron chi connectivity index (χ0n) is 14.4. The summed E-state index contributed by atoms with van der Waals surface area (Å²) >= 11 is 0. The lowest BCUT2D eigenvalue weighted by Crippen LogP contribution is -2.17. The van der Waals surface area contributed by atoms with E-state index in [0.29, 0.717) is 12.1 Å². The van der Waals surface area contributed by atoms with Crippen LogP contribution in [0.2, 0.25) is 0 Å². The molecule has 6 nitrogen and oxygen atoms in total. The van der Waals surface area contributed by atoms with Crippen molar-refractivity contribution in [3.8, 4) is 0 Å². The van der Waals surface area contributed by atoms with Crippen molar-refractivity contribution in [2.75, 3.05) is 22.7 Å². The molecule has 2 aromatic carbocycles. The molecule has 1 aliphatic rings. The molecule has 1 aliphatic heterocycles. The molecule has 0 aromatic heterocycles. The van der Waals surface area contributed by atoms with Gasteiger partial charge in [0.1, 0.15) is 0 Å². The second-order valence-corrected chi connectivity index (χ2v) is 8.07. The van der Waals surface area contributed by atoms with Crippen molar-refractivity contribution in [1.82, 2.24) is 0 Å². The monoisotopic (exact) mass is 374 g/mol. The molecule has 138 valence electrons. The van der Waals surface area contributed by atoms with Crippen LogP contribution in [0, 0.1) is 0 Å². The van der Waals surface area contributed by atoms with Gasteiger partial charge in [0.25, 0.3) is 10.0 Å². The van der Waals surface area contributed by atoms with E-state index < -0.39 is 16.0 Å². The molecule has 0 saturated carbocycles. The largest absolute Gasteiger partial charge is 0.481 e. The second kappa shape index (κ2) is 7.78. The van der Waals surface area contributed by atoms with E-state index in [1.165, 1.54) is 25.0 Å². The molecule has 1 fully saturated rings. The van der Waals surface area contributed by atoms with E-state index in [-0.39, 0.29) is 11.3 Å². The van der Waals surface area contributed by atoms with Crippen LogP contribution < -0.4 is 9.62 Å². The molecule has 1 heterocycles. The lowest BCUT2D eigenvalue weighted by molar-refractivity contribution is -0.136. The molecule has 0 aliphatic carbocycles. The standard InChI is InChI=1S/C19H22N2O4S/c22-19(23)12-5-15-3-10-18(11-4-15)26(24,25)20-16-6-8-17(9-7-16)21-13-1-2-14-21/h3-4,6-11,20H,1-2,5,12-14H2,(H,22,23). The number of rotatable bonds is 7. The predicted molar refractivity (Wildman–Crippen MR) is 101 cm³/mol. The summed E-state index contributed by atoms with van der Waals surface area (Å²) in [6.07, 6.45) is 2.78. The Morgan fingerprint density at radius 3 is 2.19 bits per heavy atom. The third-order valence-corrected chi connectivity index (χ3v) is 5.85. The summed E-state index contributed by atoms with van der Waals surface area (Å²) in [6.45, 7) is 2.08. The fourth-order valence-electron chi connectivity index (χ4n) is 3.02. The van der Waals surface area contributed by atoms with Crippen LogP contribution in [-0.4, -0.2) is 32.6 Å². The first-order valence-corrected chi connectivity index (χ1v) is 10.1. The summed E-state index contributed by atoms with van der Waals surface area (Å²) in [5.74, 6) is -0.874. The van der Waals surface area contributed by atoms with Crippen LogP contribution in [0.4, 0.5) is 11.4 Å². The van der Waals surface area contributed by atoms with Crippen LogP contribution in [0.15, 0.2) is 53.4 Å². The Bertz CT molecular complexity index is 855. The highest BCUT2D eigenvalue weighted by Gasteiger charge is 2.15.